The van der Waals surface area contributed by atoms with Crippen LogP contribution in [0, 0.1) is 12.3 Å². The molecule has 2 aromatic heterocycles. The summed E-state index contributed by atoms with van der Waals surface area (Å²) in [6, 6.07) is 7.61. The second kappa shape index (κ2) is 8.24. The molecule has 0 bridgehead atoms. The Bertz CT molecular complexity index is 874. The van der Waals surface area contributed by atoms with Crippen molar-refractivity contribution in [2.45, 2.75) is 38.8 Å². The minimum absolute atomic E-state index is 0.0720. The number of pyridine rings is 1. The monoisotopic (exact) mass is 412 g/mol. The minimum Gasteiger partial charge on any atom is -0.349 e. The van der Waals surface area contributed by atoms with Gasteiger partial charge in [0.15, 0.2) is 0 Å². The molecule has 4 rings (SSSR count). The van der Waals surface area contributed by atoms with Crippen LogP contribution in [0.4, 0.5) is 0 Å². The van der Waals surface area contributed by atoms with E-state index >= 15 is 0 Å². The Morgan fingerprint density at radius 3 is 2.72 bits per heavy atom. The molecule has 2 aliphatic rings. The molecule has 2 amide bonds. The molecule has 1 unspecified atom stereocenters. The summed E-state index contributed by atoms with van der Waals surface area (Å²) in [6.45, 7) is 4.90. The van der Waals surface area contributed by atoms with Crippen LogP contribution in [-0.4, -0.2) is 59.3 Å². The first-order chi connectivity index (χ1) is 14.0. The average molecular weight is 413 g/mol. The lowest BCUT2D eigenvalue weighted by Crippen LogP contribution is -2.44. The normalized spacial score (nSPS) is 21.4. The molecule has 2 aromatic rings. The summed E-state index contributed by atoms with van der Waals surface area (Å²) in [7, 11) is 2.03. The van der Waals surface area contributed by atoms with E-state index in [2.05, 4.69) is 15.2 Å². The van der Waals surface area contributed by atoms with E-state index in [0.717, 1.165) is 55.0 Å². The van der Waals surface area contributed by atoms with Crippen molar-refractivity contribution in [1.82, 2.24) is 20.1 Å². The number of carbonyl (C=O) groups excluding carboxylic acids is 2. The van der Waals surface area contributed by atoms with Crippen LogP contribution >= 0.6 is 11.3 Å². The van der Waals surface area contributed by atoms with E-state index < -0.39 is 0 Å². The van der Waals surface area contributed by atoms with Crippen molar-refractivity contribution in [3.63, 3.8) is 0 Å². The fraction of sp³-hybridized carbons (Fsp3) is 0.500. The highest BCUT2D eigenvalue weighted by molar-refractivity contribution is 7.12. The fourth-order valence-electron chi connectivity index (χ4n) is 4.64. The van der Waals surface area contributed by atoms with Crippen molar-refractivity contribution in [1.29, 1.82) is 0 Å². The Balaban J connectivity index is 1.33. The van der Waals surface area contributed by atoms with Gasteiger partial charge in [0.1, 0.15) is 0 Å². The van der Waals surface area contributed by atoms with Gasteiger partial charge in [0.2, 0.25) is 5.91 Å². The number of likely N-dealkylation sites (tertiary alicyclic amines) is 2. The van der Waals surface area contributed by atoms with Gasteiger partial charge in [-0.25, -0.2) is 0 Å². The van der Waals surface area contributed by atoms with Crippen LogP contribution in [-0.2, 0) is 11.3 Å². The number of aryl methyl sites for hydroxylation is 1. The van der Waals surface area contributed by atoms with Crippen molar-refractivity contribution in [3.8, 4) is 0 Å². The molecule has 0 aromatic carbocycles. The van der Waals surface area contributed by atoms with Gasteiger partial charge in [0, 0.05) is 25.8 Å². The van der Waals surface area contributed by atoms with E-state index in [9.17, 15) is 9.59 Å². The van der Waals surface area contributed by atoms with Crippen LogP contribution in [0.2, 0.25) is 0 Å². The number of hydrogen-bond donors (Lipinski definition) is 1. The second-order valence-electron chi connectivity index (χ2n) is 8.40. The van der Waals surface area contributed by atoms with Gasteiger partial charge in [-0.3, -0.25) is 19.5 Å². The molecule has 4 heterocycles. The third-order valence-corrected chi connectivity index (χ3v) is 7.39. The molecule has 154 valence electrons. The maximum absolute atomic E-state index is 12.8. The van der Waals surface area contributed by atoms with Gasteiger partial charge in [-0.2, -0.15) is 0 Å². The quantitative estimate of drug-likeness (QED) is 0.839. The van der Waals surface area contributed by atoms with E-state index in [4.69, 9.17) is 0 Å². The van der Waals surface area contributed by atoms with Gasteiger partial charge in [-0.15, -0.1) is 11.3 Å². The summed E-state index contributed by atoms with van der Waals surface area (Å²) in [5.41, 5.74) is 2.06. The molecule has 6 nitrogen and oxygen atoms in total. The number of carbonyl (C=O) groups is 2. The van der Waals surface area contributed by atoms with Crippen molar-refractivity contribution in [3.05, 3.63) is 52.0 Å². The van der Waals surface area contributed by atoms with E-state index in [1.165, 1.54) is 11.3 Å². The largest absolute Gasteiger partial charge is 0.349 e. The molecule has 1 spiro atoms. The molecule has 0 radical (unpaired) electrons. The summed E-state index contributed by atoms with van der Waals surface area (Å²) < 4.78 is 0. The number of hydrogen-bond acceptors (Lipinski definition) is 5. The first-order valence-corrected chi connectivity index (χ1v) is 11.1. The number of nitrogens with zero attached hydrogens (tertiary/aromatic N) is 3. The Hall–Kier alpha value is -2.25. The van der Waals surface area contributed by atoms with Gasteiger partial charge in [0.25, 0.3) is 5.91 Å². The number of aromatic nitrogens is 1. The zero-order valence-electron chi connectivity index (χ0n) is 17.1. The number of rotatable bonds is 4. The lowest BCUT2D eigenvalue weighted by Gasteiger charge is -2.39. The lowest BCUT2D eigenvalue weighted by atomic mass is 9.76. The summed E-state index contributed by atoms with van der Waals surface area (Å²) in [6.07, 6.45) is 4.51. The van der Waals surface area contributed by atoms with Crippen LogP contribution in [0.15, 0.2) is 35.8 Å². The van der Waals surface area contributed by atoms with Gasteiger partial charge in [-0.1, -0.05) is 6.07 Å². The zero-order valence-corrected chi connectivity index (χ0v) is 17.9. The molecule has 1 N–H and O–H groups in total. The fourth-order valence-corrected chi connectivity index (χ4v) is 5.53. The van der Waals surface area contributed by atoms with Gasteiger partial charge in [0.05, 0.1) is 23.2 Å². The van der Waals surface area contributed by atoms with Gasteiger partial charge >= 0.3 is 0 Å². The third kappa shape index (κ3) is 4.21. The summed E-state index contributed by atoms with van der Waals surface area (Å²) in [5.74, 6) is 0.228. The third-order valence-electron chi connectivity index (χ3n) is 6.38. The van der Waals surface area contributed by atoms with Gasteiger partial charge in [-0.05, 0) is 67.8 Å². The molecule has 7 heteroatoms. The molecule has 2 saturated heterocycles. The average Bonchev–Trinajstić information content (AvgIpc) is 3.30. The first-order valence-electron chi connectivity index (χ1n) is 10.2. The lowest BCUT2D eigenvalue weighted by molar-refractivity contribution is -0.125. The number of piperidine rings is 1. The SMILES string of the molecule is Cc1ccsc1C(=O)N1CCC2(CC1)CC(C(=O)NCc1ccccn1)N(C)C2. The smallest absolute Gasteiger partial charge is 0.264 e. The predicted molar refractivity (Wildman–Crippen MR) is 114 cm³/mol. The molecular weight excluding hydrogens is 384 g/mol. The van der Waals surface area contributed by atoms with Crippen LogP contribution in [0.3, 0.4) is 0 Å². The maximum atomic E-state index is 12.8. The first kappa shape index (κ1) is 20.0. The van der Waals surface area contributed by atoms with E-state index in [-0.39, 0.29) is 23.3 Å². The molecule has 2 aliphatic heterocycles. The highest BCUT2D eigenvalue weighted by Crippen LogP contribution is 2.43. The summed E-state index contributed by atoms with van der Waals surface area (Å²) >= 11 is 1.53. The molecule has 29 heavy (non-hydrogen) atoms. The van der Waals surface area contributed by atoms with Crippen LogP contribution in [0.5, 0.6) is 0 Å². The van der Waals surface area contributed by atoms with E-state index in [0.29, 0.717) is 6.54 Å². The van der Waals surface area contributed by atoms with Crippen LogP contribution in [0.25, 0.3) is 0 Å². The molecular formula is C22H28N4O2S. The Morgan fingerprint density at radius 2 is 2.07 bits per heavy atom. The molecule has 0 saturated carbocycles. The number of thiophene rings is 1. The topological polar surface area (TPSA) is 65.5 Å². The molecule has 1 atom stereocenters. The minimum atomic E-state index is -0.111. The van der Waals surface area contributed by atoms with Crippen molar-refractivity contribution >= 4 is 23.2 Å². The molecule has 2 fully saturated rings. The van der Waals surface area contributed by atoms with E-state index in [1.54, 1.807) is 6.20 Å². The Labute approximate surface area is 175 Å². The number of nitrogens with one attached hydrogen (secondary N) is 1. The zero-order chi connectivity index (χ0) is 20.4. The maximum Gasteiger partial charge on any atom is 0.264 e. The van der Waals surface area contributed by atoms with Crippen LogP contribution < -0.4 is 5.32 Å². The standard InChI is InChI=1S/C22H28N4O2S/c1-16-6-12-29-19(16)21(28)26-10-7-22(8-11-26)13-18(25(2)15-22)20(27)24-14-17-5-3-4-9-23-17/h3-6,9,12,18H,7-8,10-11,13-15H2,1-2H3,(H,24,27). The Morgan fingerprint density at radius 1 is 1.28 bits per heavy atom. The summed E-state index contributed by atoms with van der Waals surface area (Å²) in [4.78, 5) is 34.9. The van der Waals surface area contributed by atoms with E-state index in [1.807, 2.05) is 48.5 Å². The van der Waals surface area contributed by atoms with Crippen molar-refractivity contribution < 1.29 is 9.59 Å². The number of likely N-dealkylation sites (N-methyl/N-ethyl adjacent to an activating group) is 1. The Kier molecular flexibility index (Phi) is 5.69. The van der Waals surface area contributed by atoms with Crippen LogP contribution in [0.1, 0.15) is 40.2 Å². The molecule has 0 aliphatic carbocycles. The van der Waals surface area contributed by atoms with Gasteiger partial charge < -0.3 is 10.2 Å². The predicted octanol–water partition coefficient (Wildman–Crippen LogP) is 2.69. The summed E-state index contributed by atoms with van der Waals surface area (Å²) in [5, 5.41) is 5.02. The van der Waals surface area contributed by atoms with Crippen molar-refractivity contribution in [2.75, 3.05) is 26.7 Å². The highest BCUT2D eigenvalue weighted by atomic mass is 32.1. The number of amides is 2. The highest BCUT2D eigenvalue weighted by Gasteiger charge is 2.47. The second-order valence-corrected chi connectivity index (χ2v) is 9.31. The van der Waals surface area contributed by atoms with Crippen molar-refractivity contribution in [2.24, 2.45) is 5.41 Å².